The first-order valence-electron chi connectivity index (χ1n) is 13.0. The zero-order chi connectivity index (χ0) is 27.1. The van der Waals surface area contributed by atoms with Crippen molar-refractivity contribution in [2.75, 3.05) is 0 Å². The Balaban J connectivity index is 1.45. The number of pyridine rings is 3. The number of nitrogens with zero attached hydrogens (tertiary/aromatic N) is 4. The topological polar surface area (TPSA) is 84.1 Å². The summed E-state index contributed by atoms with van der Waals surface area (Å²) in [6.07, 6.45) is 3.54. The fourth-order valence-corrected chi connectivity index (χ4v) is 5.35. The van der Waals surface area contributed by atoms with Crippen molar-refractivity contribution in [3.05, 3.63) is 128 Å². The molecule has 190 valence electrons. The number of benzene rings is 3. The Labute approximate surface area is 231 Å². The van der Waals surface area contributed by atoms with Crippen LogP contribution in [0.3, 0.4) is 0 Å². The third kappa shape index (κ3) is 4.14. The van der Waals surface area contributed by atoms with Gasteiger partial charge in [-0.25, -0.2) is 4.98 Å². The van der Waals surface area contributed by atoms with Gasteiger partial charge in [-0.3, -0.25) is 9.97 Å². The minimum atomic E-state index is -1.57. The van der Waals surface area contributed by atoms with Gasteiger partial charge in [0.25, 0.3) is 0 Å². The smallest absolute Gasteiger partial charge is 0.423 e. The maximum absolute atomic E-state index is 10.1. The second-order valence-corrected chi connectivity index (χ2v) is 9.57. The summed E-state index contributed by atoms with van der Waals surface area (Å²) < 4.78 is 2.17. The molecule has 0 unspecified atom stereocenters. The normalized spacial score (nSPS) is 11.2. The van der Waals surface area contributed by atoms with Gasteiger partial charge >= 0.3 is 7.12 Å². The molecule has 4 aromatic heterocycles. The predicted octanol–water partition coefficient (Wildman–Crippen LogP) is 5.65. The lowest BCUT2D eigenvalue weighted by Gasteiger charge is -2.12. The van der Waals surface area contributed by atoms with E-state index in [9.17, 15) is 10.0 Å². The second kappa shape index (κ2) is 9.89. The molecule has 0 aliphatic rings. The first-order valence-corrected chi connectivity index (χ1v) is 13.0. The van der Waals surface area contributed by atoms with Crippen LogP contribution in [0.4, 0.5) is 0 Å². The molecule has 6 nitrogen and oxygen atoms in total. The Morgan fingerprint density at radius 1 is 0.550 bits per heavy atom. The highest BCUT2D eigenvalue weighted by molar-refractivity contribution is 6.63. The van der Waals surface area contributed by atoms with Crippen LogP contribution in [-0.2, 0) is 0 Å². The lowest BCUT2D eigenvalue weighted by molar-refractivity contribution is 0.426. The van der Waals surface area contributed by atoms with Crippen molar-refractivity contribution < 1.29 is 10.0 Å². The van der Waals surface area contributed by atoms with Gasteiger partial charge in [0.05, 0.1) is 33.8 Å². The Kier molecular flexibility index (Phi) is 5.93. The molecule has 7 rings (SSSR count). The highest BCUT2D eigenvalue weighted by Crippen LogP contribution is 2.34. The zero-order valence-electron chi connectivity index (χ0n) is 21.4. The summed E-state index contributed by atoms with van der Waals surface area (Å²) in [5, 5.41) is 22.0. The van der Waals surface area contributed by atoms with Crippen LogP contribution in [0.1, 0.15) is 0 Å². The number of hydrogen-bond acceptors (Lipinski definition) is 5. The van der Waals surface area contributed by atoms with Crippen molar-refractivity contribution in [2.45, 2.75) is 0 Å². The second-order valence-electron chi connectivity index (χ2n) is 9.57. The zero-order valence-corrected chi connectivity index (χ0v) is 21.4. The number of aromatic nitrogens is 4. The highest BCUT2D eigenvalue weighted by atomic mass is 16.4. The van der Waals surface area contributed by atoms with Gasteiger partial charge in [0.2, 0.25) is 0 Å². The molecule has 0 spiro atoms. The Morgan fingerprint density at radius 2 is 1.20 bits per heavy atom. The molecule has 4 heterocycles. The summed E-state index contributed by atoms with van der Waals surface area (Å²) in [7, 11) is -1.57. The van der Waals surface area contributed by atoms with E-state index in [1.807, 2.05) is 72.8 Å². The third-order valence-corrected chi connectivity index (χ3v) is 7.13. The Bertz CT molecular complexity index is 1930. The summed E-state index contributed by atoms with van der Waals surface area (Å²) in [5.41, 5.74) is 8.45. The van der Waals surface area contributed by atoms with Crippen LogP contribution in [0.15, 0.2) is 128 Å². The molecule has 7 aromatic rings. The maximum atomic E-state index is 10.1. The van der Waals surface area contributed by atoms with Crippen LogP contribution in [0.2, 0.25) is 0 Å². The van der Waals surface area contributed by atoms with Crippen molar-refractivity contribution in [1.29, 1.82) is 0 Å². The van der Waals surface area contributed by atoms with E-state index in [0.29, 0.717) is 5.46 Å². The Morgan fingerprint density at radius 3 is 1.88 bits per heavy atom. The van der Waals surface area contributed by atoms with Crippen LogP contribution in [0.5, 0.6) is 0 Å². The highest BCUT2D eigenvalue weighted by Gasteiger charge is 2.21. The SMILES string of the molecule is OB(O)c1cccc2c1c1ccccc1n2-c1cccc(-c2cc(-c3ccccn3)nc(-c3ccccn3)c2)c1. The summed E-state index contributed by atoms with van der Waals surface area (Å²) in [6, 6.07) is 37.7. The summed E-state index contributed by atoms with van der Waals surface area (Å²) in [5.74, 6) is 0. The van der Waals surface area contributed by atoms with E-state index >= 15 is 0 Å². The Hall–Kier alpha value is -5.11. The number of rotatable bonds is 5. The molecule has 2 N–H and O–H groups in total. The molecule has 0 fully saturated rings. The molecular weight excluding hydrogens is 495 g/mol. The van der Waals surface area contributed by atoms with Gasteiger partial charge in [0, 0.05) is 28.9 Å². The molecule has 40 heavy (non-hydrogen) atoms. The monoisotopic (exact) mass is 518 g/mol. The van der Waals surface area contributed by atoms with Crippen molar-refractivity contribution in [2.24, 2.45) is 0 Å². The number of para-hydroxylation sites is 1. The first-order chi connectivity index (χ1) is 19.7. The summed E-state index contributed by atoms with van der Waals surface area (Å²) in [4.78, 5) is 14.0. The van der Waals surface area contributed by atoms with E-state index in [2.05, 4.69) is 50.9 Å². The van der Waals surface area contributed by atoms with Crippen molar-refractivity contribution in [1.82, 2.24) is 19.5 Å². The van der Waals surface area contributed by atoms with Gasteiger partial charge in [-0.1, -0.05) is 54.6 Å². The summed E-state index contributed by atoms with van der Waals surface area (Å²) in [6.45, 7) is 0. The van der Waals surface area contributed by atoms with Gasteiger partial charge in [-0.2, -0.15) is 0 Å². The van der Waals surface area contributed by atoms with E-state index in [-0.39, 0.29) is 0 Å². The average Bonchev–Trinajstić information content (AvgIpc) is 3.36. The van der Waals surface area contributed by atoms with Gasteiger partial charge in [0.1, 0.15) is 0 Å². The van der Waals surface area contributed by atoms with E-state index < -0.39 is 7.12 Å². The molecule has 0 aliphatic heterocycles. The van der Waals surface area contributed by atoms with Crippen molar-refractivity contribution in [3.8, 4) is 39.6 Å². The standard InChI is InChI=1S/C33H23BN4O2/c39-34(40)26-12-8-16-32-33(26)25-11-1-2-15-31(25)38(32)24-10-7-9-22(19-24)23-20-29(27-13-3-5-17-35-27)37-30(21-23)28-14-4-6-18-36-28/h1-21,39-40H. The van der Waals surface area contributed by atoms with Gasteiger partial charge in [-0.15, -0.1) is 0 Å². The first kappa shape index (κ1) is 24.0. The fourth-order valence-electron chi connectivity index (χ4n) is 5.35. The number of fused-ring (bicyclic) bond motifs is 3. The number of hydrogen-bond donors (Lipinski definition) is 2. The molecule has 0 bridgehead atoms. The van der Waals surface area contributed by atoms with Crippen molar-refractivity contribution in [3.63, 3.8) is 0 Å². The molecule has 0 amide bonds. The summed E-state index contributed by atoms with van der Waals surface area (Å²) >= 11 is 0. The molecule has 7 heteroatoms. The van der Waals surface area contributed by atoms with Crippen LogP contribution >= 0.6 is 0 Å². The lowest BCUT2D eigenvalue weighted by atomic mass is 9.77. The van der Waals surface area contributed by atoms with E-state index in [0.717, 1.165) is 61.4 Å². The van der Waals surface area contributed by atoms with Crippen LogP contribution < -0.4 is 5.46 Å². The van der Waals surface area contributed by atoms with Gasteiger partial charge in [-0.05, 0) is 77.3 Å². The molecule has 0 atom stereocenters. The molecule has 0 saturated carbocycles. The van der Waals surface area contributed by atoms with E-state index in [1.54, 1.807) is 18.5 Å². The molecule has 0 saturated heterocycles. The quantitative estimate of drug-likeness (QED) is 0.288. The predicted molar refractivity (Wildman–Crippen MR) is 160 cm³/mol. The third-order valence-electron chi connectivity index (χ3n) is 7.13. The van der Waals surface area contributed by atoms with E-state index in [1.165, 1.54) is 0 Å². The van der Waals surface area contributed by atoms with E-state index in [4.69, 9.17) is 4.98 Å². The average molecular weight is 518 g/mol. The molecular formula is C33H23BN4O2. The van der Waals surface area contributed by atoms with Crippen LogP contribution in [0.25, 0.3) is 61.4 Å². The van der Waals surface area contributed by atoms with Crippen molar-refractivity contribution >= 4 is 34.4 Å². The fraction of sp³-hybridized carbons (Fsp3) is 0. The largest absolute Gasteiger partial charge is 0.489 e. The van der Waals surface area contributed by atoms with Crippen LogP contribution in [-0.4, -0.2) is 36.7 Å². The lowest BCUT2D eigenvalue weighted by Crippen LogP contribution is -2.30. The minimum absolute atomic E-state index is 0.484. The molecule has 0 aliphatic carbocycles. The van der Waals surface area contributed by atoms with Crippen LogP contribution in [0, 0.1) is 0 Å². The molecule has 0 radical (unpaired) electrons. The minimum Gasteiger partial charge on any atom is -0.423 e. The molecule has 3 aromatic carbocycles. The van der Waals surface area contributed by atoms with Gasteiger partial charge < -0.3 is 14.6 Å². The van der Waals surface area contributed by atoms with Gasteiger partial charge in [0.15, 0.2) is 0 Å². The maximum Gasteiger partial charge on any atom is 0.489 e.